The molecule has 0 bridgehead atoms. The van der Waals surface area contributed by atoms with Gasteiger partial charge in [-0.15, -0.1) is 5.10 Å². The third kappa shape index (κ3) is 3.63. The van der Waals surface area contributed by atoms with Gasteiger partial charge in [0, 0.05) is 30.4 Å². The Morgan fingerprint density at radius 1 is 1.07 bits per heavy atom. The maximum Gasteiger partial charge on any atom is 0.225 e. The third-order valence-corrected chi connectivity index (χ3v) is 5.70. The van der Waals surface area contributed by atoms with E-state index in [4.69, 9.17) is 10.7 Å². The number of nitrogens with two attached hydrogens (primary N) is 1. The van der Waals surface area contributed by atoms with Gasteiger partial charge in [-0.25, -0.2) is 4.98 Å². The second-order valence-corrected chi connectivity index (χ2v) is 7.79. The minimum Gasteiger partial charge on any atom is -0.351 e. The van der Waals surface area contributed by atoms with Crippen molar-refractivity contribution in [2.24, 2.45) is 5.73 Å². The van der Waals surface area contributed by atoms with Crippen LogP contribution in [-0.4, -0.2) is 46.8 Å². The van der Waals surface area contributed by atoms with Gasteiger partial charge in [0.25, 0.3) is 0 Å². The molecule has 1 aliphatic rings. The lowest BCUT2D eigenvalue weighted by atomic mass is 9.92. The van der Waals surface area contributed by atoms with Crippen molar-refractivity contribution in [3.63, 3.8) is 0 Å². The van der Waals surface area contributed by atoms with E-state index in [1.165, 1.54) is 0 Å². The van der Waals surface area contributed by atoms with Crippen LogP contribution in [0.2, 0.25) is 0 Å². The number of benzene rings is 1. The van der Waals surface area contributed by atoms with Crippen LogP contribution in [-0.2, 0) is 6.54 Å². The van der Waals surface area contributed by atoms with Crippen molar-refractivity contribution < 1.29 is 0 Å². The summed E-state index contributed by atoms with van der Waals surface area (Å²) >= 11 is 0. The molecule has 1 aromatic carbocycles. The highest BCUT2D eigenvalue weighted by atomic mass is 15.4. The van der Waals surface area contributed by atoms with E-state index in [0.717, 1.165) is 49.0 Å². The van der Waals surface area contributed by atoms with Gasteiger partial charge in [-0.1, -0.05) is 17.3 Å². The first kappa shape index (κ1) is 18.7. The van der Waals surface area contributed by atoms with Crippen LogP contribution in [0.25, 0.3) is 28.0 Å². The molecule has 4 aromatic rings. The summed E-state index contributed by atoms with van der Waals surface area (Å²) in [6, 6.07) is 8.83. The molecule has 3 heterocycles. The molecule has 3 aromatic heterocycles. The van der Waals surface area contributed by atoms with E-state index in [-0.39, 0.29) is 0 Å². The van der Waals surface area contributed by atoms with Crippen LogP contribution in [0.3, 0.4) is 0 Å². The molecule has 1 saturated carbocycles. The molecule has 0 radical (unpaired) electrons. The van der Waals surface area contributed by atoms with E-state index in [2.05, 4.69) is 44.8 Å². The number of aromatic nitrogens is 7. The number of fused-ring (bicyclic) bond motifs is 1. The first-order valence-corrected chi connectivity index (χ1v) is 10.4. The summed E-state index contributed by atoms with van der Waals surface area (Å²) in [7, 11) is 0. The van der Waals surface area contributed by atoms with Gasteiger partial charge in [0.05, 0.1) is 18.1 Å². The number of nitrogens with one attached hydrogen (secondary N) is 1. The smallest absolute Gasteiger partial charge is 0.225 e. The monoisotopic (exact) mass is 403 g/mol. The molecule has 0 amide bonds. The minimum absolute atomic E-state index is 0.316. The van der Waals surface area contributed by atoms with Crippen molar-refractivity contribution in [3.8, 4) is 16.8 Å². The molecule has 0 unspecified atom stereocenters. The number of nitrogens with zero attached hydrogens (tertiary/aromatic N) is 7. The topological polar surface area (TPSA) is 112 Å². The molecule has 0 aliphatic heterocycles. The zero-order valence-corrected chi connectivity index (χ0v) is 16.9. The number of anilines is 1. The van der Waals surface area contributed by atoms with Crippen molar-refractivity contribution >= 4 is 17.1 Å². The van der Waals surface area contributed by atoms with Gasteiger partial charge in [-0.3, -0.25) is 4.68 Å². The highest BCUT2D eigenvalue weighted by molar-refractivity contribution is 5.72. The van der Waals surface area contributed by atoms with Gasteiger partial charge in [-0.2, -0.15) is 14.8 Å². The van der Waals surface area contributed by atoms with E-state index >= 15 is 0 Å². The zero-order chi connectivity index (χ0) is 20.5. The summed E-state index contributed by atoms with van der Waals surface area (Å²) in [5, 5.41) is 16.3. The van der Waals surface area contributed by atoms with Gasteiger partial charge in [0.1, 0.15) is 0 Å². The van der Waals surface area contributed by atoms with Crippen LogP contribution in [0.4, 0.5) is 5.95 Å². The van der Waals surface area contributed by atoms with Crippen LogP contribution in [0.1, 0.15) is 32.6 Å². The van der Waals surface area contributed by atoms with Gasteiger partial charge < -0.3 is 11.1 Å². The van der Waals surface area contributed by atoms with Crippen molar-refractivity contribution in [1.29, 1.82) is 0 Å². The SMILES string of the molecule is CCn1cc(-c2ccc(-n3nnc4cnc(N[C@H]5CC[C@H](N)CC5)nc43)cc2)cn1. The first-order valence-electron chi connectivity index (χ1n) is 10.4. The molecule has 9 nitrogen and oxygen atoms in total. The third-order valence-electron chi connectivity index (χ3n) is 5.70. The normalized spacial score (nSPS) is 19.3. The molecule has 5 rings (SSSR count). The minimum atomic E-state index is 0.316. The summed E-state index contributed by atoms with van der Waals surface area (Å²) < 4.78 is 3.66. The van der Waals surface area contributed by atoms with Crippen molar-refractivity contribution in [3.05, 3.63) is 42.9 Å². The summed E-state index contributed by atoms with van der Waals surface area (Å²) in [5.41, 5.74) is 10.5. The molecule has 0 atom stereocenters. The lowest BCUT2D eigenvalue weighted by Crippen LogP contribution is -2.33. The fourth-order valence-corrected chi connectivity index (χ4v) is 3.90. The highest BCUT2D eigenvalue weighted by Crippen LogP contribution is 2.23. The first-order chi connectivity index (χ1) is 14.7. The zero-order valence-electron chi connectivity index (χ0n) is 16.9. The summed E-state index contributed by atoms with van der Waals surface area (Å²) in [4.78, 5) is 9.10. The summed E-state index contributed by atoms with van der Waals surface area (Å²) in [6.45, 7) is 2.93. The Morgan fingerprint density at radius 3 is 2.60 bits per heavy atom. The molecule has 1 aliphatic carbocycles. The molecular weight excluding hydrogens is 378 g/mol. The molecule has 0 spiro atoms. The molecule has 1 fully saturated rings. The molecule has 3 N–H and O–H groups in total. The molecule has 154 valence electrons. The average molecular weight is 403 g/mol. The van der Waals surface area contributed by atoms with E-state index < -0.39 is 0 Å². The lowest BCUT2D eigenvalue weighted by Gasteiger charge is -2.26. The Morgan fingerprint density at radius 2 is 1.87 bits per heavy atom. The predicted molar refractivity (Wildman–Crippen MR) is 115 cm³/mol. The van der Waals surface area contributed by atoms with E-state index in [1.54, 1.807) is 10.9 Å². The van der Waals surface area contributed by atoms with Crippen molar-refractivity contribution in [2.75, 3.05) is 5.32 Å². The number of aryl methyl sites for hydroxylation is 1. The Balaban J connectivity index is 1.40. The largest absolute Gasteiger partial charge is 0.351 e. The van der Waals surface area contributed by atoms with Crippen LogP contribution in [0, 0.1) is 0 Å². The summed E-state index contributed by atoms with van der Waals surface area (Å²) in [6.07, 6.45) is 9.78. The maximum absolute atomic E-state index is 6.01. The number of hydrogen-bond acceptors (Lipinski definition) is 7. The standard InChI is InChI=1S/C21H25N9/c1-2-29-13-15(11-24-29)14-3-9-18(10-4-14)30-20-19(27-28-30)12-23-21(26-20)25-17-7-5-16(22)6-8-17/h3-4,9-13,16-17H,2,5-8,22H2,1H3,(H,23,25,26)/t16-,17-. The number of rotatable bonds is 5. The quantitative estimate of drug-likeness (QED) is 0.527. The Kier molecular flexibility index (Phi) is 4.88. The van der Waals surface area contributed by atoms with Crippen LogP contribution >= 0.6 is 0 Å². The Hall–Kier alpha value is -3.33. The van der Waals surface area contributed by atoms with Gasteiger partial charge in [0.2, 0.25) is 5.95 Å². The van der Waals surface area contributed by atoms with E-state index in [1.807, 2.05) is 29.2 Å². The highest BCUT2D eigenvalue weighted by Gasteiger charge is 2.19. The molecular formula is C21H25N9. The summed E-state index contributed by atoms with van der Waals surface area (Å²) in [5.74, 6) is 0.607. The number of hydrogen-bond donors (Lipinski definition) is 2. The van der Waals surface area contributed by atoms with E-state index in [0.29, 0.717) is 29.2 Å². The van der Waals surface area contributed by atoms with Gasteiger partial charge >= 0.3 is 0 Å². The molecule has 0 saturated heterocycles. The predicted octanol–water partition coefficient (Wildman–Crippen LogP) is 2.78. The van der Waals surface area contributed by atoms with Crippen LogP contribution in [0.5, 0.6) is 0 Å². The molecule has 30 heavy (non-hydrogen) atoms. The van der Waals surface area contributed by atoms with E-state index in [9.17, 15) is 0 Å². The lowest BCUT2D eigenvalue weighted by molar-refractivity contribution is 0.410. The van der Waals surface area contributed by atoms with Gasteiger partial charge in [0.15, 0.2) is 11.2 Å². The Labute approximate surface area is 174 Å². The van der Waals surface area contributed by atoms with Crippen LogP contribution < -0.4 is 11.1 Å². The average Bonchev–Trinajstić information content (AvgIpc) is 3.42. The molecule has 9 heteroatoms. The maximum atomic E-state index is 6.01. The van der Waals surface area contributed by atoms with Crippen LogP contribution in [0.15, 0.2) is 42.9 Å². The fraction of sp³-hybridized carbons (Fsp3) is 0.381. The second-order valence-electron chi connectivity index (χ2n) is 7.79. The van der Waals surface area contributed by atoms with Crippen molar-refractivity contribution in [2.45, 2.75) is 51.2 Å². The van der Waals surface area contributed by atoms with Crippen molar-refractivity contribution in [1.82, 2.24) is 34.7 Å². The van der Waals surface area contributed by atoms with Gasteiger partial charge in [-0.05, 0) is 50.3 Å². The fourth-order valence-electron chi connectivity index (χ4n) is 3.90. The second kappa shape index (κ2) is 7.83. The Bertz CT molecular complexity index is 1140.